The normalized spacial score (nSPS) is 16.2. The second-order valence-corrected chi connectivity index (χ2v) is 4.33. The number of nitrogens with zero attached hydrogens (tertiary/aromatic N) is 3. The highest BCUT2D eigenvalue weighted by molar-refractivity contribution is 5.90. The van der Waals surface area contributed by atoms with Gasteiger partial charge in [-0.15, -0.1) is 0 Å². The molecule has 2 aromatic heterocycles. The molecule has 5 heteroatoms. The molecule has 0 amide bonds. The fourth-order valence-corrected chi connectivity index (χ4v) is 2.33. The lowest BCUT2D eigenvalue weighted by Gasteiger charge is -2.16. The largest absolute Gasteiger partial charge is 0.384 e. The monoisotopic (exact) mass is 217 g/mol. The van der Waals surface area contributed by atoms with E-state index in [-0.39, 0.29) is 0 Å². The Morgan fingerprint density at radius 1 is 1.38 bits per heavy atom. The lowest BCUT2D eigenvalue weighted by Crippen LogP contribution is -2.19. The molecule has 3 heterocycles. The molecule has 3 rings (SSSR count). The van der Waals surface area contributed by atoms with Gasteiger partial charge >= 0.3 is 0 Å². The highest BCUT2D eigenvalue weighted by Crippen LogP contribution is 2.26. The number of aromatic amines is 1. The van der Waals surface area contributed by atoms with Crippen LogP contribution in [0.25, 0.3) is 11.0 Å². The van der Waals surface area contributed by atoms with E-state index in [1.165, 1.54) is 12.8 Å². The van der Waals surface area contributed by atoms with E-state index >= 15 is 0 Å². The van der Waals surface area contributed by atoms with Crippen molar-refractivity contribution in [3.05, 3.63) is 11.6 Å². The minimum atomic E-state index is 0.605. The standard InChI is InChI=1S/C11H15N5/c1-7-6-8(16-4-2-3-5-16)13-11-9(7)10(12)14-15-11/h6H,2-5H2,1H3,(H3,12,13,14,15). The predicted molar refractivity (Wildman–Crippen MR) is 64.5 cm³/mol. The molecule has 1 aliphatic rings. The fraction of sp³-hybridized carbons (Fsp3) is 0.455. The van der Waals surface area contributed by atoms with Crippen molar-refractivity contribution >= 4 is 22.7 Å². The molecule has 0 spiro atoms. The average molecular weight is 217 g/mol. The summed E-state index contributed by atoms with van der Waals surface area (Å²) in [6.07, 6.45) is 2.50. The third-order valence-corrected chi connectivity index (χ3v) is 3.17. The Labute approximate surface area is 93.6 Å². The maximum absolute atomic E-state index is 5.81. The van der Waals surface area contributed by atoms with Gasteiger partial charge in [0.05, 0.1) is 5.39 Å². The van der Waals surface area contributed by atoms with Crippen molar-refractivity contribution in [2.75, 3.05) is 23.7 Å². The van der Waals surface area contributed by atoms with Crippen LogP contribution in [-0.2, 0) is 0 Å². The number of H-pyrrole nitrogens is 1. The number of pyridine rings is 1. The van der Waals surface area contributed by atoms with Gasteiger partial charge in [-0.1, -0.05) is 0 Å². The van der Waals surface area contributed by atoms with E-state index in [1.54, 1.807) is 0 Å². The van der Waals surface area contributed by atoms with E-state index in [0.29, 0.717) is 5.82 Å². The molecule has 1 saturated heterocycles. The van der Waals surface area contributed by atoms with Gasteiger partial charge in [0.2, 0.25) is 0 Å². The van der Waals surface area contributed by atoms with Gasteiger partial charge in [-0.25, -0.2) is 4.98 Å². The van der Waals surface area contributed by atoms with Crippen molar-refractivity contribution < 1.29 is 0 Å². The Balaban J connectivity index is 2.13. The molecule has 0 unspecified atom stereocenters. The van der Waals surface area contributed by atoms with E-state index in [1.807, 2.05) is 0 Å². The molecule has 0 atom stereocenters. The van der Waals surface area contributed by atoms with Crippen LogP contribution in [0.3, 0.4) is 0 Å². The zero-order valence-corrected chi connectivity index (χ0v) is 9.32. The molecule has 0 aromatic carbocycles. The number of anilines is 2. The number of hydrogen-bond acceptors (Lipinski definition) is 4. The molecular weight excluding hydrogens is 202 g/mol. The number of nitrogen functional groups attached to an aromatic ring is 1. The van der Waals surface area contributed by atoms with E-state index < -0.39 is 0 Å². The summed E-state index contributed by atoms with van der Waals surface area (Å²) in [5.74, 6) is 1.63. The first kappa shape index (κ1) is 9.45. The van der Waals surface area contributed by atoms with Crippen molar-refractivity contribution in [3.8, 4) is 0 Å². The van der Waals surface area contributed by atoms with E-state index in [9.17, 15) is 0 Å². The second-order valence-electron chi connectivity index (χ2n) is 4.33. The highest BCUT2D eigenvalue weighted by atomic mass is 15.2. The molecule has 0 bridgehead atoms. The van der Waals surface area contributed by atoms with Crippen LogP contribution in [0.5, 0.6) is 0 Å². The molecular formula is C11H15N5. The average Bonchev–Trinajstić information content (AvgIpc) is 2.87. The minimum Gasteiger partial charge on any atom is -0.384 e. The molecule has 0 saturated carbocycles. The van der Waals surface area contributed by atoms with Gasteiger partial charge in [-0.05, 0) is 31.4 Å². The maximum Gasteiger partial charge on any atom is 0.185 e. The van der Waals surface area contributed by atoms with Crippen LogP contribution in [0.15, 0.2) is 6.07 Å². The molecule has 1 fully saturated rings. The summed E-state index contributed by atoms with van der Waals surface area (Å²) in [6.45, 7) is 4.24. The van der Waals surface area contributed by atoms with Gasteiger partial charge in [0, 0.05) is 13.1 Å². The van der Waals surface area contributed by atoms with Gasteiger partial charge in [-0.2, -0.15) is 5.10 Å². The first-order valence-electron chi connectivity index (χ1n) is 5.62. The van der Waals surface area contributed by atoms with Crippen molar-refractivity contribution in [1.29, 1.82) is 0 Å². The van der Waals surface area contributed by atoms with Gasteiger partial charge in [0.15, 0.2) is 5.65 Å². The first-order chi connectivity index (χ1) is 7.75. The number of rotatable bonds is 1. The zero-order chi connectivity index (χ0) is 11.1. The minimum absolute atomic E-state index is 0.605. The maximum atomic E-state index is 5.81. The summed E-state index contributed by atoms with van der Waals surface area (Å²) < 4.78 is 0. The first-order valence-corrected chi connectivity index (χ1v) is 5.62. The van der Waals surface area contributed by atoms with Gasteiger partial charge in [0.1, 0.15) is 11.6 Å². The zero-order valence-electron chi connectivity index (χ0n) is 9.32. The second kappa shape index (κ2) is 3.37. The van der Waals surface area contributed by atoms with Crippen LogP contribution < -0.4 is 10.6 Å². The summed E-state index contributed by atoms with van der Waals surface area (Å²) in [6, 6.07) is 2.10. The fourth-order valence-electron chi connectivity index (χ4n) is 2.33. The van der Waals surface area contributed by atoms with Crippen molar-refractivity contribution in [2.45, 2.75) is 19.8 Å². The quantitative estimate of drug-likeness (QED) is 0.758. The molecule has 0 radical (unpaired) electrons. The summed E-state index contributed by atoms with van der Waals surface area (Å²) in [4.78, 5) is 6.85. The number of nitrogens with two attached hydrogens (primary N) is 1. The Kier molecular flexibility index (Phi) is 1.99. The molecule has 5 nitrogen and oxygen atoms in total. The van der Waals surface area contributed by atoms with Crippen LogP contribution in [0.1, 0.15) is 18.4 Å². The SMILES string of the molecule is Cc1cc(N2CCCC2)nc2n[nH]c(N)c12. The van der Waals surface area contributed by atoms with Crippen LogP contribution in [0.4, 0.5) is 11.6 Å². The Bertz CT molecular complexity index is 524. The van der Waals surface area contributed by atoms with E-state index in [0.717, 1.165) is 35.5 Å². The third kappa shape index (κ3) is 1.31. The topological polar surface area (TPSA) is 70.8 Å². The highest BCUT2D eigenvalue weighted by Gasteiger charge is 2.16. The van der Waals surface area contributed by atoms with Crippen LogP contribution in [0, 0.1) is 6.92 Å². The predicted octanol–water partition coefficient (Wildman–Crippen LogP) is 1.45. The van der Waals surface area contributed by atoms with Crippen molar-refractivity contribution in [1.82, 2.24) is 15.2 Å². The number of fused-ring (bicyclic) bond motifs is 1. The van der Waals surface area contributed by atoms with E-state index in [2.05, 4.69) is 33.1 Å². The Morgan fingerprint density at radius 2 is 2.12 bits per heavy atom. The number of nitrogens with one attached hydrogen (secondary N) is 1. The Hall–Kier alpha value is -1.78. The van der Waals surface area contributed by atoms with Crippen LogP contribution in [0.2, 0.25) is 0 Å². The summed E-state index contributed by atoms with van der Waals surface area (Å²) in [7, 11) is 0. The molecule has 0 aliphatic carbocycles. The van der Waals surface area contributed by atoms with Gasteiger partial charge in [-0.3, -0.25) is 5.10 Å². The van der Waals surface area contributed by atoms with Crippen LogP contribution >= 0.6 is 0 Å². The summed E-state index contributed by atoms with van der Waals surface area (Å²) in [5, 5.41) is 7.85. The molecule has 16 heavy (non-hydrogen) atoms. The smallest absolute Gasteiger partial charge is 0.185 e. The van der Waals surface area contributed by atoms with E-state index in [4.69, 9.17) is 5.73 Å². The lowest BCUT2D eigenvalue weighted by molar-refractivity contribution is 0.938. The lowest BCUT2D eigenvalue weighted by atomic mass is 10.2. The molecule has 3 N–H and O–H groups in total. The number of hydrogen-bond donors (Lipinski definition) is 2. The number of aryl methyl sites for hydroxylation is 1. The molecule has 84 valence electrons. The van der Waals surface area contributed by atoms with Crippen molar-refractivity contribution in [2.24, 2.45) is 0 Å². The van der Waals surface area contributed by atoms with Gasteiger partial charge in [0.25, 0.3) is 0 Å². The van der Waals surface area contributed by atoms with Crippen molar-refractivity contribution in [3.63, 3.8) is 0 Å². The number of aromatic nitrogens is 3. The van der Waals surface area contributed by atoms with Gasteiger partial charge < -0.3 is 10.6 Å². The molecule has 2 aromatic rings. The third-order valence-electron chi connectivity index (χ3n) is 3.17. The summed E-state index contributed by atoms with van der Waals surface area (Å²) in [5.41, 5.74) is 7.67. The Morgan fingerprint density at radius 3 is 2.88 bits per heavy atom. The molecule has 1 aliphatic heterocycles. The summed E-state index contributed by atoms with van der Waals surface area (Å²) >= 11 is 0. The van der Waals surface area contributed by atoms with Crippen LogP contribution in [-0.4, -0.2) is 28.3 Å².